The second-order valence-electron chi connectivity index (χ2n) is 5.39. The van der Waals surface area contributed by atoms with Gasteiger partial charge in [-0.1, -0.05) is 6.92 Å². The molecule has 0 unspecified atom stereocenters. The van der Waals surface area contributed by atoms with Crippen molar-refractivity contribution in [2.75, 3.05) is 38.6 Å². The van der Waals surface area contributed by atoms with Crippen LogP contribution in [-0.2, 0) is 0 Å². The summed E-state index contributed by atoms with van der Waals surface area (Å²) in [6.07, 6.45) is 1.85. The number of hydrogen-bond donors (Lipinski definition) is 2. The van der Waals surface area contributed by atoms with E-state index in [2.05, 4.69) is 17.1 Å². The third-order valence-electron chi connectivity index (χ3n) is 4.22. The molecule has 1 aliphatic rings. The number of nitrogens with one attached hydrogen (secondary N) is 1. The molecule has 1 heterocycles. The molecule has 20 heavy (non-hydrogen) atoms. The van der Waals surface area contributed by atoms with Crippen LogP contribution in [0.1, 0.15) is 19.8 Å². The lowest BCUT2D eigenvalue weighted by Crippen LogP contribution is -2.53. The van der Waals surface area contributed by atoms with Crippen LogP contribution in [-0.4, -0.2) is 43.7 Å². The van der Waals surface area contributed by atoms with Crippen molar-refractivity contribution in [2.24, 2.45) is 5.73 Å². The lowest BCUT2D eigenvalue weighted by molar-refractivity contribution is 0.184. The van der Waals surface area contributed by atoms with Gasteiger partial charge in [0.2, 0.25) is 0 Å². The minimum atomic E-state index is -0.267. The third-order valence-corrected chi connectivity index (χ3v) is 4.22. The maximum atomic E-state index is 13.9. The largest absolute Gasteiger partial charge is 0.497 e. The zero-order chi connectivity index (χ0) is 14.6. The summed E-state index contributed by atoms with van der Waals surface area (Å²) in [4.78, 5) is 2.39. The van der Waals surface area contributed by atoms with Gasteiger partial charge in [0.1, 0.15) is 11.6 Å². The van der Waals surface area contributed by atoms with E-state index in [4.69, 9.17) is 10.5 Å². The highest BCUT2D eigenvalue weighted by atomic mass is 19.1. The number of halogens is 1. The van der Waals surface area contributed by atoms with Crippen molar-refractivity contribution in [3.63, 3.8) is 0 Å². The van der Waals surface area contributed by atoms with Gasteiger partial charge in [-0.3, -0.25) is 0 Å². The first-order valence-corrected chi connectivity index (χ1v) is 7.16. The van der Waals surface area contributed by atoms with Crippen molar-refractivity contribution in [1.29, 1.82) is 0 Å². The lowest BCUT2D eigenvalue weighted by atomic mass is 9.87. The van der Waals surface area contributed by atoms with Gasteiger partial charge in [0.15, 0.2) is 0 Å². The Bertz CT molecular complexity index is 445. The number of anilines is 1. The van der Waals surface area contributed by atoms with Gasteiger partial charge in [-0.05, 0) is 31.5 Å². The Kier molecular flexibility index (Phi) is 4.83. The summed E-state index contributed by atoms with van der Waals surface area (Å²) in [6, 6.07) is 4.74. The Balaban J connectivity index is 2.14. The van der Waals surface area contributed by atoms with Crippen molar-refractivity contribution in [3.05, 3.63) is 24.0 Å². The van der Waals surface area contributed by atoms with Gasteiger partial charge in [-0.25, -0.2) is 4.39 Å². The van der Waals surface area contributed by atoms with Gasteiger partial charge in [-0.2, -0.15) is 0 Å². The molecular weight excluding hydrogens is 257 g/mol. The van der Waals surface area contributed by atoms with Gasteiger partial charge >= 0.3 is 0 Å². The summed E-state index contributed by atoms with van der Waals surface area (Å²) >= 11 is 0. The molecule has 112 valence electrons. The molecule has 2 rings (SSSR count). The number of rotatable bonds is 5. The van der Waals surface area contributed by atoms with Gasteiger partial charge in [0.25, 0.3) is 0 Å². The Labute approximate surface area is 120 Å². The molecule has 0 aliphatic carbocycles. The average molecular weight is 281 g/mol. The first-order chi connectivity index (χ1) is 9.62. The molecule has 4 nitrogen and oxygen atoms in total. The molecular formula is C15H24FN3O. The standard InChI is InChI=1S/C15H24FN3O/c1-3-19-8-6-15(11-17,7-9-19)18-14-10-12(20-2)4-5-13(14)16/h4-5,10,18H,3,6-9,11,17H2,1-2H3. The van der Waals surface area contributed by atoms with Crippen LogP contribution in [0.15, 0.2) is 18.2 Å². The summed E-state index contributed by atoms with van der Waals surface area (Å²) in [7, 11) is 1.58. The van der Waals surface area contributed by atoms with Crippen molar-refractivity contribution >= 4 is 5.69 Å². The Morgan fingerprint density at radius 2 is 2.10 bits per heavy atom. The van der Waals surface area contributed by atoms with Crippen LogP contribution in [0.3, 0.4) is 0 Å². The molecule has 0 amide bonds. The highest BCUT2D eigenvalue weighted by Gasteiger charge is 2.33. The average Bonchev–Trinajstić information content (AvgIpc) is 2.50. The number of benzene rings is 1. The summed E-state index contributed by atoms with van der Waals surface area (Å²) in [6.45, 7) is 5.69. The van der Waals surface area contributed by atoms with E-state index in [1.54, 1.807) is 19.2 Å². The normalized spacial score (nSPS) is 18.8. The number of likely N-dealkylation sites (tertiary alicyclic amines) is 1. The topological polar surface area (TPSA) is 50.5 Å². The molecule has 1 aromatic rings. The monoisotopic (exact) mass is 281 g/mol. The lowest BCUT2D eigenvalue weighted by Gasteiger charge is -2.42. The van der Waals surface area contributed by atoms with E-state index in [1.165, 1.54) is 6.07 Å². The van der Waals surface area contributed by atoms with Crippen LogP contribution in [0.4, 0.5) is 10.1 Å². The number of hydrogen-bond acceptors (Lipinski definition) is 4. The molecule has 1 aromatic carbocycles. The molecule has 0 radical (unpaired) electrons. The van der Waals surface area contributed by atoms with E-state index in [9.17, 15) is 4.39 Å². The number of ether oxygens (including phenoxy) is 1. The van der Waals surface area contributed by atoms with Crippen LogP contribution < -0.4 is 15.8 Å². The number of methoxy groups -OCH3 is 1. The van der Waals surface area contributed by atoms with Crippen molar-refractivity contribution in [1.82, 2.24) is 4.90 Å². The van der Waals surface area contributed by atoms with Crippen molar-refractivity contribution in [2.45, 2.75) is 25.3 Å². The van der Waals surface area contributed by atoms with Crippen LogP contribution in [0.2, 0.25) is 0 Å². The smallest absolute Gasteiger partial charge is 0.146 e. The molecule has 0 saturated carbocycles. The predicted octanol–water partition coefficient (Wildman–Crippen LogP) is 2.06. The fourth-order valence-corrected chi connectivity index (χ4v) is 2.69. The van der Waals surface area contributed by atoms with Crippen LogP contribution in [0.25, 0.3) is 0 Å². The Hall–Kier alpha value is -1.33. The van der Waals surface area contributed by atoms with Gasteiger partial charge < -0.3 is 20.7 Å². The number of piperidine rings is 1. The quantitative estimate of drug-likeness (QED) is 0.867. The molecule has 1 aliphatic heterocycles. The van der Waals surface area contributed by atoms with E-state index in [0.717, 1.165) is 32.5 Å². The molecule has 5 heteroatoms. The van der Waals surface area contributed by atoms with E-state index in [1.807, 2.05) is 0 Å². The van der Waals surface area contributed by atoms with E-state index >= 15 is 0 Å². The number of nitrogens with zero attached hydrogens (tertiary/aromatic N) is 1. The van der Waals surface area contributed by atoms with Crippen molar-refractivity contribution in [3.8, 4) is 5.75 Å². The summed E-state index contributed by atoms with van der Waals surface area (Å²) in [5.74, 6) is 0.378. The Morgan fingerprint density at radius 1 is 1.40 bits per heavy atom. The van der Waals surface area contributed by atoms with Crippen LogP contribution in [0, 0.1) is 5.82 Å². The molecule has 0 atom stereocenters. The Morgan fingerprint density at radius 3 is 2.65 bits per heavy atom. The van der Waals surface area contributed by atoms with Gasteiger partial charge in [-0.15, -0.1) is 0 Å². The molecule has 1 saturated heterocycles. The minimum absolute atomic E-state index is 0.223. The second kappa shape index (κ2) is 6.41. The maximum Gasteiger partial charge on any atom is 0.146 e. The van der Waals surface area contributed by atoms with Crippen molar-refractivity contribution < 1.29 is 9.13 Å². The van der Waals surface area contributed by atoms with E-state index in [-0.39, 0.29) is 11.4 Å². The second-order valence-corrected chi connectivity index (χ2v) is 5.39. The molecule has 0 bridgehead atoms. The first-order valence-electron chi connectivity index (χ1n) is 7.16. The van der Waals surface area contributed by atoms with Crippen LogP contribution in [0.5, 0.6) is 5.75 Å². The van der Waals surface area contributed by atoms with E-state index < -0.39 is 0 Å². The SMILES string of the molecule is CCN1CCC(CN)(Nc2cc(OC)ccc2F)CC1. The summed E-state index contributed by atoms with van der Waals surface area (Å²) in [5, 5.41) is 3.33. The zero-order valence-electron chi connectivity index (χ0n) is 12.3. The van der Waals surface area contributed by atoms with Gasteiger partial charge in [0.05, 0.1) is 18.3 Å². The molecule has 3 N–H and O–H groups in total. The molecule has 1 fully saturated rings. The zero-order valence-corrected chi connectivity index (χ0v) is 12.3. The highest BCUT2D eigenvalue weighted by molar-refractivity contribution is 5.51. The molecule has 0 spiro atoms. The fourth-order valence-electron chi connectivity index (χ4n) is 2.69. The highest BCUT2D eigenvalue weighted by Crippen LogP contribution is 2.29. The summed E-state index contributed by atoms with van der Waals surface area (Å²) in [5.41, 5.74) is 6.21. The van der Waals surface area contributed by atoms with E-state index in [0.29, 0.717) is 18.0 Å². The summed E-state index contributed by atoms with van der Waals surface area (Å²) < 4.78 is 19.1. The van der Waals surface area contributed by atoms with Crippen LogP contribution >= 0.6 is 0 Å². The third kappa shape index (κ3) is 3.22. The number of nitrogens with two attached hydrogens (primary N) is 1. The first kappa shape index (κ1) is 15.1. The minimum Gasteiger partial charge on any atom is -0.497 e. The van der Waals surface area contributed by atoms with Gasteiger partial charge in [0, 0.05) is 25.7 Å². The molecule has 0 aromatic heterocycles. The fraction of sp³-hybridized carbons (Fsp3) is 0.600. The predicted molar refractivity (Wildman–Crippen MR) is 79.7 cm³/mol. The maximum absolute atomic E-state index is 13.9.